The van der Waals surface area contributed by atoms with Gasteiger partial charge in [0.2, 0.25) is 0 Å². The molecule has 0 amide bonds. The topological polar surface area (TPSA) is 66.2 Å². The van der Waals surface area contributed by atoms with E-state index in [4.69, 9.17) is 21.6 Å². The van der Waals surface area contributed by atoms with Gasteiger partial charge < -0.3 is 10.0 Å². The molecule has 0 aliphatic carbocycles. The molecule has 0 unspecified atom stereocenters. The second-order valence-electron chi connectivity index (χ2n) is 1.98. The van der Waals surface area contributed by atoms with E-state index < -0.39 is 7.12 Å². The van der Waals surface area contributed by atoms with Gasteiger partial charge in [-0.05, 0) is 6.26 Å². The summed E-state index contributed by atoms with van der Waals surface area (Å²) >= 11 is 6.95. The molecule has 64 valence electrons. The van der Waals surface area contributed by atoms with Crippen molar-refractivity contribution in [3.8, 4) is 0 Å². The van der Waals surface area contributed by atoms with E-state index in [2.05, 4.69) is 9.97 Å². The molecule has 0 aliphatic rings. The maximum absolute atomic E-state index is 8.75. The monoisotopic (exact) mass is 204 g/mol. The van der Waals surface area contributed by atoms with Crippen LogP contribution in [0.25, 0.3) is 0 Å². The maximum atomic E-state index is 8.75. The Hall–Kier alpha value is -0.295. The van der Waals surface area contributed by atoms with Gasteiger partial charge in [0.1, 0.15) is 5.15 Å². The SMILES string of the molecule is CSc1ncc(B(O)O)c(Cl)n1. The molecule has 1 heterocycles. The molecule has 0 spiro atoms. The van der Waals surface area contributed by atoms with Crippen LogP contribution in [0.5, 0.6) is 0 Å². The Morgan fingerprint density at radius 1 is 1.58 bits per heavy atom. The van der Waals surface area contributed by atoms with Crippen LogP contribution in [0.15, 0.2) is 11.4 Å². The largest absolute Gasteiger partial charge is 0.493 e. The third kappa shape index (κ3) is 2.10. The van der Waals surface area contributed by atoms with Gasteiger partial charge in [-0.25, -0.2) is 9.97 Å². The lowest BCUT2D eigenvalue weighted by Gasteiger charge is -2.01. The van der Waals surface area contributed by atoms with Crippen LogP contribution >= 0.6 is 23.4 Å². The molecule has 1 aromatic heterocycles. The van der Waals surface area contributed by atoms with Crippen LogP contribution in [0.3, 0.4) is 0 Å². The van der Waals surface area contributed by atoms with Gasteiger partial charge in [-0.2, -0.15) is 0 Å². The molecule has 0 atom stereocenters. The number of hydrogen-bond donors (Lipinski definition) is 2. The predicted octanol–water partition coefficient (Wildman–Crippen LogP) is -0.468. The van der Waals surface area contributed by atoms with E-state index in [0.29, 0.717) is 5.16 Å². The van der Waals surface area contributed by atoms with E-state index in [1.165, 1.54) is 18.0 Å². The van der Waals surface area contributed by atoms with Gasteiger partial charge in [-0.15, -0.1) is 0 Å². The number of rotatable bonds is 2. The standard InChI is InChI=1S/C5H6BClN2O2S/c1-12-5-8-2-3(6(10)11)4(7)9-5/h2,10-11H,1H3. The van der Waals surface area contributed by atoms with Crippen molar-refractivity contribution >= 4 is 35.9 Å². The van der Waals surface area contributed by atoms with Crippen LogP contribution in [-0.2, 0) is 0 Å². The average Bonchev–Trinajstić information content (AvgIpc) is 2.03. The summed E-state index contributed by atoms with van der Waals surface area (Å²) in [7, 11) is -1.62. The van der Waals surface area contributed by atoms with Gasteiger partial charge in [0.25, 0.3) is 0 Å². The molecule has 0 aliphatic heterocycles. The Balaban J connectivity index is 3.03. The van der Waals surface area contributed by atoms with Crippen LogP contribution in [-0.4, -0.2) is 33.4 Å². The Bertz CT molecular complexity index is 286. The molecule has 0 radical (unpaired) electrons. The molecular weight excluding hydrogens is 198 g/mol. The van der Waals surface area contributed by atoms with E-state index in [9.17, 15) is 0 Å². The normalized spacial score (nSPS) is 10.0. The summed E-state index contributed by atoms with van der Waals surface area (Å²) in [6, 6.07) is 0. The highest BCUT2D eigenvalue weighted by Gasteiger charge is 2.16. The Morgan fingerprint density at radius 3 is 2.67 bits per heavy atom. The van der Waals surface area contributed by atoms with Crippen molar-refractivity contribution in [2.24, 2.45) is 0 Å². The van der Waals surface area contributed by atoms with Crippen molar-refractivity contribution < 1.29 is 10.0 Å². The van der Waals surface area contributed by atoms with E-state index in [1.807, 2.05) is 0 Å². The van der Waals surface area contributed by atoms with Crippen molar-refractivity contribution in [3.63, 3.8) is 0 Å². The summed E-state index contributed by atoms with van der Waals surface area (Å²) in [5, 5.41) is 18.1. The first-order chi connectivity index (χ1) is 5.65. The van der Waals surface area contributed by atoms with Gasteiger partial charge in [-0.1, -0.05) is 23.4 Å². The molecule has 1 rings (SSSR count). The van der Waals surface area contributed by atoms with Crippen molar-refractivity contribution in [1.29, 1.82) is 0 Å². The summed E-state index contributed by atoms with van der Waals surface area (Å²) in [6.07, 6.45) is 3.10. The molecule has 0 saturated heterocycles. The molecule has 7 heteroatoms. The maximum Gasteiger partial charge on any atom is 0.493 e. The molecular formula is C5H6BClN2O2S. The number of aromatic nitrogens is 2. The van der Waals surface area contributed by atoms with Gasteiger partial charge >= 0.3 is 7.12 Å². The van der Waals surface area contributed by atoms with Crippen LogP contribution in [0.4, 0.5) is 0 Å². The quantitative estimate of drug-likeness (QED) is 0.295. The van der Waals surface area contributed by atoms with Gasteiger partial charge in [0.05, 0.1) is 0 Å². The first kappa shape index (κ1) is 9.79. The summed E-state index contributed by atoms with van der Waals surface area (Å²) in [5.74, 6) is 0. The van der Waals surface area contributed by atoms with Crippen LogP contribution < -0.4 is 5.46 Å². The summed E-state index contributed by atoms with van der Waals surface area (Å²) < 4.78 is 0. The lowest BCUT2D eigenvalue weighted by Crippen LogP contribution is -2.32. The van der Waals surface area contributed by atoms with Gasteiger partial charge in [-0.3, -0.25) is 0 Å². The second-order valence-corrected chi connectivity index (χ2v) is 3.11. The molecule has 4 nitrogen and oxygen atoms in total. The minimum absolute atomic E-state index is 0.0735. The summed E-state index contributed by atoms with van der Waals surface area (Å²) in [6.45, 7) is 0. The fourth-order valence-corrected chi connectivity index (χ4v) is 1.24. The first-order valence-corrected chi connectivity index (χ1v) is 4.68. The molecule has 0 aromatic carbocycles. The Morgan fingerprint density at radius 2 is 2.25 bits per heavy atom. The van der Waals surface area contributed by atoms with Gasteiger partial charge in [0.15, 0.2) is 5.16 Å². The van der Waals surface area contributed by atoms with Crippen molar-refractivity contribution in [2.75, 3.05) is 6.26 Å². The number of nitrogens with zero attached hydrogens (tertiary/aromatic N) is 2. The van der Waals surface area contributed by atoms with E-state index >= 15 is 0 Å². The Labute approximate surface area is 79.1 Å². The minimum Gasteiger partial charge on any atom is -0.423 e. The molecule has 2 N–H and O–H groups in total. The summed E-state index contributed by atoms with van der Waals surface area (Å²) in [5.41, 5.74) is 0.120. The smallest absolute Gasteiger partial charge is 0.423 e. The zero-order chi connectivity index (χ0) is 9.14. The van der Waals surface area contributed by atoms with Crippen molar-refractivity contribution in [1.82, 2.24) is 9.97 Å². The average molecular weight is 204 g/mol. The number of thioether (sulfide) groups is 1. The van der Waals surface area contributed by atoms with Crippen LogP contribution in [0, 0.1) is 0 Å². The highest BCUT2D eigenvalue weighted by atomic mass is 35.5. The molecule has 0 saturated carbocycles. The first-order valence-electron chi connectivity index (χ1n) is 3.07. The van der Waals surface area contributed by atoms with E-state index in [-0.39, 0.29) is 10.6 Å². The lowest BCUT2D eigenvalue weighted by molar-refractivity contribution is 0.425. The number of halogens is 1. The van der Waals surface area contributed by atoms with Crippen LogP contribution in [0.2, 0.25) is 5.15 Å². The van der Waals surface area contributed by atoms with Crippen molar-refractivity contribution in [3.05, 3.63) is 11.3 Å². The summed E-state index contributed by atoms with van der Waals surface area (Å²) in [4.78, 5) is 7.64. The van der Waals surface area contributed by atoms with Crippen LogP contribution in [0.1, 0.15) is 0 Å². The zero-order valence-corrected chi connectivity index (χ0v) is 7.80. The second kappa shape index (κ2) is 4.09. The molecule has 0 bridgehead atoms. The van der Waals surface area contributed by atoms with Gasteiger partial charge in [0, 0.05) is 11.7 Å². The molecule has 1 aromatic rings. The fourth-order valence-electron chi connectivity index (χ4n) is 0.627. The lowest BCUT2D eigenvalue weighted by atomic mass is 9.83. The number of hydrogen-bond acceptors (Lipinski definition) is 5. The van der Waals surface area contributed by atoms with E-state index in [0.717, 1.165) is 0 Å². The molecule has 0 fully saturated rings. The zero-order valence-electron chi connectivity index (χ0n) is 6.23. The Kier molecular flexibility index (Phi) is 3.34. The van der Waals surface area contributed by atoms with Crippen molar-refractivity contribution in [2.45, 2.75) is 5.16 Å². The minimum atomic E-state index is -1.62. The predicted molar refractivity (Wildman–Crippen MR) is 48.6 cm³/mol. The molecule has 12 heavy (non-hydrogen) atoms. The highest BCUT2D eigenvalue weighted by molar-refractivity contribution is 7.98. The highest BCUT2D eigenvalue weighted by Crippen LogP contribution is 2.09. The fraction of sp³-hybridized carbons (Fsp3) is 0.200. The third-order valence-corrected chi connectivity index (χ3v) is 2.07. The van der Waals surface area contributed by atoms with E-state index in [1.54, 1.807) is 6.26 Å². The third-order valence-electron chi connectivity index (χ3n) is 1.21.